The SMILES string of the molecule is CCC1CCC(C)N1C(=O)c1ccc(Cl)c(N)c1. The van der Waals surface area contributed by atoms with Crippen LogP contribution in [0.25, 0.3) is 0 Å². The number of hydrogen-bond donors (Lipinski definition) is 1. The molecular weight excluding hydrogens is 248 g/mol. The molecule has 1 amide bonds. The Morgan fingerprint density at radius 3 is 2.83 bits per heavy atom. The van der Waals surface area contributed by atoms with Crippen molar-refractivity contribution in [3.05, 3.63) is 28.8 Å². The number of rotatable bonds is 2. The standard InChI is InChI=1S/C14H19ClN2O/c1-3-11-6-4-9(2)17(11)14(18)10-5-7-12(15)13(16)8-10/h5,7-9,11H,3-4,6,16H2,1-2H3. The highest BCUT2D eigenvalue weighted by molar-refractivity contribution is 6.33. The van der Waals surface area contributed by atoms with E-state index in [1.54, 1.807) is 18.2 Å². The van der Waals surface area contributed by atoms with Gasteiger partial charge in [-0.3, -0.25) is 4.79 Å². The number of carbonyl (C=O) groups excluding carboxylic acids is 1. The molecule has 2 atom stereocenters. The van der Waals surface area contributed by atoms with Crippen molar-refractivity contribution in [1.29, 1.82) is 0 Å². The average molecular weight is 267 g/mol. The van der Waals surface area contributed by atoms with Gasteiger partial charge in [0.05, 0.1) is 10.7 Å². The Balaban J connectivity index is 2.27. The Morgan fingerprint density at radius 2 is 2.22 bits per heavy atom. The first-order chi connectivity index (χ1) is 8.54. The average Bonchev–Trinajstić information content (AvgIpc) is 2.73. The van der Waals surface area contributed by atoms with Gasteiger partial charge in [0.1, 0.15) is 0 Å². The van der Waals surface area contributed by atoms with Gasteiger partial charge in [0.15, 0.2) is 0 Å². The molecule has 0 aromatic heterocycles. The molecule has 1 heterocycles. The second kappa shape index (κ2) is 5.19. The minimum atomic E-state index is 0.0650. The van der Waals surface area contributed by atoms with Gasteiger partial charge in [0, 0.05) is 17.6 Å². The van der Waals surface area contributed by atoms with Crippen molar-refractivity contribution in [2.45, 2.75) is 45.2 Å². The molecule has 0 saturated carbocycles. The van der Waals surface area contributed by atoms with E-state index < -0.39 is 0 Å². The summed E-state index contributed by atoms with van der Waals surface area (Å²) in [6, 6.07) is 5.76. The van der Waals surface area contributed by atoms with E-state index in [1.807, 2.05) is 4.90 Å². The van der Waals surface area contributed by atoms with Gasteiger partial charge in [-0.05, 0) is 44.4 Å². The Hall–Kier alpha value is -1.22. The van der Waals surface area contributed by atoms with Crippen molar-refractivity contribution in [2.75, 3.05) is 5.73 Å². The molecule has 1 fully saturated rings. The molecule has 4 heteroatoms. The molecule has 0 radical (unpaired) electrons. The van der Waals surface area contributed by atoms with Gasteiger partial charge >= 0.3 is 0 Å². The predicted octanol–water partition coefficient (Wildman–Crippen LogP) is 3.33. The Morgan fingerprint density at radius 1 is 1.50 bits per heavy atom. The number of carbonyl (C=O) groups is 1. The molecule has 1 aromatic carbocycles. The number of likely N-dealkylation sites (tertiary alicyclic amines) is 1. The van der Waals surface area contributed by atoms with E-state index in [4.69, 9.17) is 17.3 Å². The van der Waals surface area contributed by atoms with Gasteiger partial charge in [-0.15, -0.1) is 0 Å². The van der Waals surface area contributed by atoms with E-state index >= 15 is 0 Å². The molecule has 1 aromatic rings. The molecule has 1 aliphatic heterocycles. The minimum absolute atomic E-state index is 0.0650. The summed E-state index contributed by atoms with van der Waals surface area (Å²) in [6.07, 6.45) is 3.17. The summed E-state index contributed by atoms with van der Waals surface area (Å²) in [5.41, 5.74) is 6.85. The number of anilines is 1. The molecule has 2 rings (SSSR count). The zero-order valence-electron chi connectivity index (χ0n) is 10.8. The lowest BCUT2D eigenvalue weighted by molar-refractivity contribution is 0.0676. The maximum atomic E-state index is 12.5. The molecule has 3 nitrogen and oxygen atoms in total. The van der Waals surface area contributed by atoms with Gasteiger partial charge in [-0.1, -0.05) is 18.5 Å². The van der Waals surface area contributed by atoms with Gasteiger partial charge in [0.2, 0.25) is 0 Å². The molecule has 0 bridgehead atoms. The lowest BCUT2D eigenvalue weighted by Crippen LogP contribution is -2.39. The summed E-state index contributed by atoms with van der Waals surface area (Å²) in [7, 11) is 0. The van der Waals surface area contributed by atoms with Crippen LogP contribution in [0.3, 0.4) is 0 Å². The maximum Gasteiger partial charge on any atom is 0.254 e. The first kappa shape index (κ1) is 13.2. The number of nitrogens with zero attached hydrogens (tertiary/aromatic N) is 1. The van der Waals surface area contributed by atoms with Gasteiger partial charge < -0.3 is 10.6 Å². The third-order valence-corrected chi connectivity index (χ3v) is 4.08. The van der Waals surface area contributed by atoms with Crippen molar-refractivity contribution in [3.8, 4) is 0 Å². The van der Waals surface area contributed by atoms with Crippen molar-refractivity contribution in [2.24, 2.45) is 0 Å². The summed E-state index contributed by atoms with van der Waals surface area (Å²) >= 11 is 5.88. The summed E-state index contributed by atoms with van der Waals surface area (Å²) in [5, 5.41) is 0.494. The molecule has 2 N–H and O–H groups in total. The Labute approximate surface area is 113 Å². The predicted molar refractivity (Wildman–Crippen MR) is 74.8 cm³/mol. The van der Waals surface area contributed by atoms with Crippen LogP contribution in [0.15, 0.2) is 18.2 Å². The van der Waals surface area contributed by atoms with E-state index in [0.717, 1.165) is 19.3 Å². The highest BCUT2D eigenvalue weighted by Gasteiger charge is 2.33. The lowest BCUT2D eigenvalue weighted by atomic mass is 10.1. The normalized spacial score (nSPS) is 23.4. The zero-order valence-corrected chi connectivity index (χ0v) is 11.6. The quantitative estimate of drug-likeness (QED) is 0.835. The number of halogens is 1. The molecule has 18 heavy (non-hydrogen) atoms. The molecule has 2 unspecified atom stereocenters. The lowest BCUT2D eigenvalue weighted by Gasteiger charge is -2.28. The van der Waals surface area contributed by atoms with Crippen LogP contribution in [0.1, 0.15) is 43.5 Å². The largest absolute Gasteiger partial charge is 0.398 e. The van der Waals surface area contributed by atoms with Crippen LogP contribution in [0, 0.1) is 0 Å². The highest BCUT2D eigenvalue weighted by atomic mass is 35.5. The van der Waals surface area contributed by atoms with Crippen LogP contribution in [0.2, 0.25) is 5.02 Å². The number of benzene rings is 1. The second-order valence-corrected chi connectivity index (χ2v) is 5.34. The maximum absolute atomic E-state index is 12.5. The van der Waals surface area contributed by atoms with E-state index in [9.17, 15) is 4.79 Å². The molecule has 0 spiro atoms. The van der Waals surface area contributed by atoms with E-state index in [2.05, 4.69) is 13.8 Å². The zero-order chi connectivity index (χ0) is 13.3. The van der Waals surface area contributed by atoms with E-state index in [1.165, 1.54) is 0 Å². The van der Waals surface area contributed by atoms with Crippen molar-refractivity contribution < 1.29 is 4.79 Å². The Bertz CT molecular complexity index is 461. The number of amides is 1. The minimum Gasteiger partial charge on any atom is -0.398 e. The number of nitrogen functional groups attached to an aromatic ring is 1. The summed E-state index contributed by atoms with van der Waals surface area (Å²) in [4.78, 5) is 14.5. The van der Waals surface area contributed by atoms with Crippen LogP contribution in [0.4, 0.5) is 5.69 Å². The van der Waals surface area contributed by atoms with Gasteiger partial charge in [0.25, 0.3) is 5.91 Å². The summed E-state index contributed by atoms with van der Waals surface area (Å²) in [5.74, 6) is 0.0650. The van der Waals surface area contributed by atoms with Crippen LogP contribution in [-0.2, 0) is 0 Å². The second-order valence-electron chi connectivity index (χ2n) is 4.94. The fourth-order valence-electron chi connectivity index (χ4n) is 2.66. The first-order valence-corrected chi connectivity index (χ1v) is 6.80. The molecule has 0 aliphatic carbocycles. The topological polar surface area (TPSA) is 46.3 Å². The van der Waals surface area contributed by atoms with Gasteiger partial charge in [-0.25, -0.2) is 0 Å². The fourth-order valence-corrected chi connectivity index (χ4v) is 2.78. The van der Waals surface area contributed by atoms with Gasteiger partial charge in [-0.2, -0.15) is 0 Å². The van der Waals surface area contributed by atoms with Crippen molar-refractivity contribution in [1.82, 2.24) is 4.90 Å². The highest BCUT2D eigenvalue weighted by Crippen LogP contribution is 2.29. The molecule has 1 saturated heterocycles. The third kappa shape index (κ3) is 2.32. The van der Waals surface area contributed by atoms with Crippen molar-refractivity contribution in [3.63, 3.8) is 0 Å². The fraction of sp³-hybridized carbons (Fsp3) is 0.500. The van der Waals surface area contributed by atoms with Crippen LogP contribution in [0.5, 0.6) is 0 Å². The summed E-state index contributed by atoms with van der Waals surface area (Å²) < 4.78 is 0. The first-order valence-electron chi connectivity index (χ1n) is 6.42. The van der Waals surface area contributed by atoms with Crippen LogP contribution in [-0.4, -0.2) is 22.9 Å². The van der Waals surface area contributed by atoms with Crippen molar-refractivity contribution >= 4 is 23.2 Å². The molecule has 1 aliphatic rings. The molecular formula is C14H19ClN2O. The number of hydrogen-bond acceptors (Lipinski definition) is 2. The van der Waals surface area contributed by atoms with E-state index in [-0.39, 0.29) is 5.91 Å². The third-order valence-electron chi connectivity index (χ3n) is 3.73. The van der Waals surface area contributed by atoms with Crippen LogP contribution < -0.4 is 5.73 Å². The molecule has 98 valence electrons. The smallest absolute Gasteiger partial charge is 0.254 e. The van der Waals surface area contributed by atoms with E-state index in [0.29, 0.717) is 28.4 Å². The van der Waals surface area contributed by atoms with Crippen LogP contribution >= 0.6 is 11.6 Å². The summed E-state index contributed by atoms with van der Waals surface area (Å²) in [6.45, 7) is 4.23. The Kier molecular flexibility index (Phi) is 3.81. The number of nitrogens with two attached hydrogens (primary N) is 1. The monoisotopic (exact) mass is 266 g/mol.